The van der Waals surface area contributed by atoms with E-state index in [0.29, 0.717) is 12.0 Å². The number of nitrogens with zero attached hydrogens (tertiary/aromatic N) is 2. The lowest BCUT2D eigenvalue weighted by atomic mass is 9.84. The van der Waals surface area contributed by atoms with Crippen LogP contribution in [0.2, 0.25) is 0 Å². The molecule has 5 heteroatoms. The predicted molar refractivity (Wildman–Crippen MR) is 130 cm³/mol. The van der Waals surface area contributed by atoms with E-state index in [1.165, 1.54) is 29.7 Å². The number of ether oxygens (including phenoxy) is 1. The molecule has 31 heavy (non-hydrogen) atoms. The summed E-state index contributed by atoms with van der Waals surface area (Å²) in [5.41, 5.74) is 3.76. The first kappa shape index (κ1) is 22.2. The molecule has 0 aromatic heterocycles. The van der Waals surface area contributed by atoms with E-state index in [-0.39, 0.29) is 6.09 Å². The molecule has 2 aromatic rings. The van der Waals surface area contributed by atoms with Crippen LogP contribution in [0.4, 0.5) is 10.5 Å². The molecule has 2 aromatic carbocycles. The summed E-state index contributed by atoms with van der Waals surface area (Å²) >= 11 is 3.55. The highest BCUT2D eigenvalue weighted by molar-refractivity contribution is 9.10. The fraction of sp³-hybridized carbons (Fsp3) is 0.500. The Bertz CT molecular complexity index is 898. The van der Waals surface area contributed by atoms with Gasteiger partial charge in [0.1, 0.15) is 5.60 Å². The lowest BCUT2D eigenvalue weighted by molar-refractivity contribution is 0.0204. The second kappa shape index (κ2) is 9.23. The molecule has 0 aliphatic carbocycles. The van der Waals surface area contributed by atoms with Gasteiger partial charge in [0, 0.05) is 29.8 Å². The minimum absolute atomic E-state index is 0.184. The van der Waals surface area contributed by atoms with Crippen molar-refractivity contribution in [2.45, 2.75) is 64.0 Å². The van der Waals surface area contributed by atoms with Gasteiger partial charge in [-0.05, 0) is 87.8 Å². The summed E-state index contributed by atoms with van der Waals surface area (Å²) in [5, 5.41) is 0. The van der Waals surface area contributed by atoms with Crippen molar-refractivity contribution in [3.8, 4) is 0 Å². The van der Waals surface area contributed by atoms with Crippen LogP contribution >= 0.6 is 15.9 Å². The van der Waals surface area contributed by atoms with Gasteiger partial charge in [0.05, 0.1) is 6.04 Å². The van der Waals surface area contributed by atoms with Crippen LogP contribution in [-0.2, 0) is 4.74 Å². The molecule has 1 unspecified atom stereocenters. The quantitative estimate of drug-likeness (QED) is 0.474. The summed E-state index contributed by atoms with van der Waals surface area (Å²) in [6, 6.07) is 18.1. The summed E-state index contributed by atoms with van der Waals surface area (Å²) in [5.74, 6) is 0.488. The second-order valence-electron chi connectivity index (χ2n) is 9.70. The molecule has 2 heterocycles. The smallest absolute Gasteiger partial charge is 0.410 e. The Balaban J connectivity index is 1.49. The Morgan fingerprint density at radius 2 is 1.58 bits per heavy atom. The number of carbonyl (C=O) groups is 1. The zero-order chi connectivity index (χ0) is 22.0. The largest absolute Gasteiger partial charge is 0.444 e. The Hall–Kier alpha value is -2.01. The first-order valence-corrected chi connectivity index (χ1v) is 12.2. The van der Waals surface area contributed by atoms with E-state index in [1.807, 2.05) is 25.7 Å². The number of anilines is 1. The van der Waals surface area contributed by atoms with Crippen LogP contribution in [-0.4, -0.2) is 36.2 Å². The molecule has 1 atom stereocenters. The van der Waals surface area contributed by atoms with E-state index in [9.17, 15) is 4.79 Å². The molecule has 4 rings (SSSR count). The second-order valence-corrected chi connectivity index (χ2v) is 10.6. The van der Waals surface area contributed by atoms with E-state index >= 15 is 0 Å². The Labute approximate surface area is 194 Å². The highest BCUT2D eigenvalue weighted by Crippen LogP contribution is 2.41. The molecule has 0 saturated carbocycles. The van der Waals surface area contributed by atoms with E-state index in [1.54, 1.807) is 0 Å². The molecule has 0 bridgehead atoms. The Kier molecular flexibility index (Phi) is 6.61. The molecule has 1 amide bonds. The summed E-state index contributed by atoms with van der Waals surface area (Å²) in [7, 11) is 0. The third-order valence-electron chi connectivity index (χ3n) is 6.35. The minimum atomic E-state index is -0.445. The van der Waals surface area contributed by atoms with E-state index in [0.717, 1.165) is 36.9 Å². The number of halogens is 1. The van der Waals surface area contributed by atoms with Gasteiger partial charge >= 0.3 is 6.09 Å². The topological polar surface area (TPSA) is 32.8 Å². The molecule has 0 spiro atoms. The van der Waals surface area contributed by atoms with Crippen molar-refractivity contribution in [1.82, 2.24) is 4.90 Å². The van der Waals surface area contributed by atoms with Crippen LogP contribution in [0, 0.1) is 0 Å². The summed E-state index contributed by atoms with van der Waals surface area (Å²) in [6.07, 6.45) is 4.19. The first-order valence-electron chi connectivity index (χ1n) is 11.4. The number of likely N-dealkylation sites (tertiary alicyclic amines) is 1. The molecule has 2 aliphatic rings. The lowest BCUT2D eigenvalue weighted by Gasteiger charge is -2.36. The third-order valence-corrected chi connectivity index (χ3v) is 6.88. The van der Waals surface area contributed by atoms with Gasteiger partial charge in [-0.25, -0.2) is 4.79 Å². The molecular weight excluding hydrogens is 452 g/mol. The van der Waals surface area contributed by atoms with Gasteiger partial charge in [-0.15, -0.1) is 0 Å². The van der Waals surface area contributed by atoms with Crippen LogP contribution in [0.15, 0.2) is 53.0 Å². The predicted octanol–water partition coefficient (Wildman–Crippen LogP) is 6.91. The molecule has 0 N–H and O–H groups in total. The van der Waals surface area contributed by atoms with Gasteiger partial charge in [-0.1, -0.05) is 40.2 Å². The van der Waals surface area contributed by atoms with Gasteiger partial charge in [-0.2, -0.15) is 0 Å². The van der Waals surface area contributed by atoms with Crippen molar-refractivity contribution in [2.24, 2.45) is 0 Å². The van der Waals surface area contributed by atoms with Gasteiger partial charge in [0.25, 0.3) is 0 Å². The number of hydrogen-bond acceptors (Lipinski definition) is 3. The summed E-state index contributed by atoms with van der Waals surface area (Å²) in [4.78, 5) is 16.9. The molecule has 0 radical (unpaired) electrons. The number of rotatable bonds is 3. The van der Waals surface area contributed by atoms with Crippen molar-refractivity contribution < 1.29 is 9.53 Å². The van der Waals surface area contributed by atoms with Crippen molar-refractivity contribution in [3.63, 3.8) is 0 Å². The molecular formula is C26H33BrN2O2. The van der Waals surface area contributed by atoms with Crippen molar-refractivity contribution in [1.29, 1.82) is 0 Å². The van der Waals surface area contributed by atoms with Crippen molar-refractivity contribution >= 4 is 27.7 Å². The van der Waals surface area contributed by atoms with Crippen LogP contribution in [0.1, 0.15) is 69.5 Å². The average molecular weight is 485 g/mol. The van der Waals surface area contributed by atoms with Gasteiger partial charge in [-0.3, -0.25) is 0 Å². The summed E-state index contributed by atoms with van der Waals surface area (Å²) in [6.45, 7) is 8.38. The Morgan fingerprint density at radius 3 is 2.23 bits per heavy atom. The number of piperidine rings is 1. The lowest BCUT2D eigenvalue weighted by Crippen LogP contribution is -2.41. The van der Waals surface area contributed by atoms with E-state index in [2.05, 4.69) is 69.4 Å². The number of benzene rings is 2. The van der Waals surface area contributed by atoms with Gasteiger partial charge in [0.2, 0.25) is 0 Å². The number of amides is 1. The van der Waals surface area contributed by atoms with Gasteiger partial charge in [0.15, 0.2) is 0 Å². The van der Waals surface area contributed by atoms with Crippen molar-refractivity contribution in [3.05, 3.63) is 64.1 Å². The average Bonchev–Trinajstić information content (AvgIpc) is 3.23. The zero-order valence-corrected chi connectivity index (χ0v) is 20.4. The minimum Gasteiger partial charge on any atom is -0.444 e. The molecule has 2 saturated heterocycles. The van der Waals surface area contributed by atoms with Crippen molar-refractivity contribution in [2.75, 3.05) is 24.5 Å². The maximum Gasteiger partial charge on any atom is 0.410 e. The normalized spacial score (nSPS) is 20.2. The standard InChI is InChI=1S/C26H33BrN2O2/c1-26(2,3)31-25(30)28-17-14-19(15-18-28)22-7-4-5-8-23(22)24-9-6-16-29(24)21-12-10-20(27)11-13-21/h4-5,7-8,10-13,19,24H,6,9,14-18H2,1-3H3. The fourth-order valence-corrected chi connectivity index (χ4v) is 5.18. The number of carbonyl (C=O) groups excluding carboxylic acids is 1. The van der Waals surface area contributed by atoms with Crippen LogP contribution < -0.4 is 4.90 Å². The van der Waals surface area contributed by atoms with Crippen LogP contribution in [0.5, 0.6) is 0 Å². The summed E-state index contributed by atoms with van der Waals surface area (Å²) < 4.78 is 6.69. The highest BCUT2D eigenvalue weighted by atomic mass is 79.9. The maximum atomic E-state index is 12.5. The van der Waals surface area contributed by atoms with Crippen LogP contribution in [0.3, 0.4) is 0 Å². The maximum absolute atomic E-state index is 12.5. The van der Waals surface area contributed by atoms with Crippen LogP contribution in [0.25, 0.3) is 0 Å². The number of hydrogen-bond donors (Lipinski definition) is 0. The molecule has 4 nitrogen and oxygen atoms in total. The zero-order valence-electron chi connectivity index (χ0n) is 18.8. The molecule has 166 valence electrons. The Morgan fingerprint density at radius 1 is 0.935 bits per heavy atom. The fourth-order valence-electron chi connectivity index (χ4n) is 4.92. The first-order chi connectivity index (χ1) is 14.8. The highest BCUT2D eigenvalue weighted by Gasteiger charge is 2.32. The third kappa shape index (κ3) is 5.25. The van der Waals surface area contributed by atoms with E-state index < -0.39 is 5.60 Å². The molecule has 2 aliphatic heterocycles. The van der Waals surface area contributed by atoms with Gasteiger partial charge < -0.3 is 14.5 Å². The SMILES string of the molecule is CC(C)(C)OC(=O)N1CCC(c2ccccc2C2CCCN2c2ccc(Br)cc2)CC1. The monoisotopic (exact) mass is 484 g/mol. The van der Waals surface area contributed by atoms with E-state index in [4.69, 9.17) is 4.74 Å². The molecule has 2 fully saturated rings.